The van der Waals surface area contributed by atoms with Crippen LogP contribution in [-0.4, -0.2) is 12.0 Å². The lowest BCUT2D eigenvalue weighted by atomic mass is 10.2. The van der Waals surface area contributed by atoms with E-state index in [1.165, 1.54) is 13.0 Å². The normalized spacial score (nSPS) is 8.93. The summed E-state index contributed by atoms with van der Waals surface area (Å²) >= 11 is 0. The Kier molecular flexibility index (Phi) is 3.58. The minimum Gasteiger partial charge on any atom is -0.326 e. The molecule has 4 nitrogen and oxygen atoms in total. The highest BCUT2D eigenvalue weighted by molar-refractivity contribution is 5.88. The predicted molar refractivity (Wildman–Crippen MR) is 52.6 cm³/mol. The van der Waals surface area contributed by atoms with Crippen LogP contribution in [0.1, 0.15) is 12.5 Å². The molecule has 1 N–H and O–H groups in total. The van der Waals surface area contributed by atoms with E-state index in [-0.39, 0.29) is 12.5 Å². The van der Waals surface area contributed by atoms with Crippen LogP contribution >= 0.6 is 0 Å². The molecule has 0 fully saturated rings. The van der Waals surface area contributed by atoms with E-state index in [2.05, 4.69) is 10.3 Å². The van der Waals surface area contributed by atoms with Crippen molar-refractivity contribution in [2.45, 2.75) is 13.5 Å². The van der Waals surface area contributed by atoms with Crippen LogP contribution in [0.25, 0.3) is 0 Å². The first kappa shape index (κ1) is 10.2. The first-order valence-electron chi connectivity index (χ1n) is 4.12. The average molecular weight is 190 g/mol. The summed E-state index contributed by atoms with van der Waals surface area (Å²) in [5, 5.41) is 2.64. The van der Waals surface area contributed by atoms with Crippen LogP contribution in [0.15, 0.2) is 29.3 Å². The first-order chi connectivity index (χ1) is 6.72. The third-order valence-corrected chi connectivity index (χ3v) is 1.57. The van der Waals surface area contributed by atoms with Crippen molar-refractivity contribution in [2.75, 3.05) is 5.32 Å². The molecule has 0 bridgehead atoms. The number of amides is 1. The minimum atomic E-state index is -0.124. The first-order valence-corrected chi connectivity index (χ1v) is 4.12. The van der Waals surface area contributed by atoms with Gasteiger partial charge in [-0.05, 0) is 17.7 Å². The Labute approximate surface area is 81.7 Å². The maximum Gasteiger partial charge on any atom is 0.235 e. The molecule has 0 aliphatic rings. The number of hydrogen-bond acceptors (Lipinski definition) is 3. The molecule has 0 saturated heterocycles. The SMILES string of the molecule is CC(=O)Nc1cccc(CN=C=O)c1. The summed E-state index contributed by atoms with van der Waals surface area (Å²) in [6, 6.07) is 7.16. The van der Waals surface area contributed by atoms with Gasteiger partial charge in [0.1, 0.15) is 0 Å². The Morgan fingerprint density at radius 3 is 3.00 bits per heavy atom. The van der Waals surface area contributed by atoms with Gasteiger partial charge in [0.05, 0.1) is 6.54 Å². The smallest absolute Gasteiger partial charge is 0.235 e. The number of aliphatic imine (C=N–C) groups is 1. The zero-order chi connectivity index (χ0) is 10.4. The Bertz CT molecular complexity index is 362. The number of nitrogens with one attached hydrogen (secondary N) is 1. The summed E-state index contributed by atoms with van der Waals surface area (Å²) in [4.78, 5) is 24.1. The molecule has 0 saturated carbocycles. The highest BCUT2D eigenvalue weighted by Crippen LogP contribution is 2.10. The van der Waals surface area contributed by atoms with E-state index < -0.39 is 0 Å². The molecule has 14 heavy (non-hydrogen) atoms. The molecule has 4 heteroatoms. The van der Waals surface area contributed by atoms with Crippen LogP contribution in [0.3, 0.4) is 0 Å². The lowest BCUT2D eigenvalue weighted by molar-refractivity contribution is -0.114. The zero-order valence-corrected chi connectivity index (χ0v) is 7.78. The van der Waals surface area contributed by atoms with Crippen molar-refractivity contribution in [1.29, 1.82) is 0 Å². The van der Waals surface area contributed by atoms with Gasteiger partial charge in [-0.2, -0.15) is 0 Å². The summed E-state index contributed by atoms with van der Waals surface area (Å²) < 4.78 is 0. The fraction of sp³-hybridized carbons (Fsp3) is 0.200. The molecule has 1 rings (SSSR count). The Morgan fingerprint density at radius 1 is 1.57 bits per heavy atom. The molecule has 0 aliphatic carbocycles. The van der Waals surface area contributed by atoms with Gasteiger partial charge in [-0.15, -0.1) is 0 Å². The lowest BCUT2D eigenvalue weighted by Gasteiger charge is -2.02. The fourth-order valence-electron chi connectivity index (χ4n) is 1.07. The van der Waals surface area contributed by atoms with Gasteiger partial charge < -0.3 is 5.32 Å². The van der Waals surface area contributed by atoms with Crippen LogP contribution in [0, 0.1) is 0 Å². The lowest BCUT2D eigenvalue weighted by Crippen LogP contribution is -2.05. The van der Waals surface area contributed by atoms with Crippen LogP contribution in [0.2, 0.25) is 0 Å². The molecule has 72 valence electrons. The largest absolute Gasteiger partial charge is 0.326 e. The zero-order valence-electron chi connectivity index (χ0n) is 7.78. The summed E-state index contributed by atoms with van der Waals surface area (Å²) in [5.74, 6) is -0.124. The van der Waals surface area contributed by atoms with Crippen LogP contribution < -0.4 is 5.32 Å². The topological polar surface area (TPSA) is 58.5 Å². The monoisotopic (exact) mass is 190 g/mol. The molecule has 0 unspecified atom stereocenters. The van der Waals surface area contributed by atoms with E-state index in [0.29, 0.717) is 5.69 Å². The third-order valence-electron chi connectivity index (χ3n) is 1.57. The van der Waals surface area contributed by atoms with Gasteiger partial charge in [-0.3, -0.25) is 4.79 Å². The Hall–Kier alpha value is -1.93. The maximum absolute atomic E-state index is 10.7. The standard InChI is InChI=1S/C10H10N2O2/c1-8(14)12-10-4-2-3-9(5-10)6-11-7-13/h2-5H,6H2,1H3,(H,12,14). The Balaban J connectivity index is 2.78. The average Bonchev–Trinajstić information content (AvgIpc) is 2.14. The number of nitrogens with zero attached hydrogens (tertiary/aromatic N) is 1. The molecular formula is C10H10N2O2. The number of carbonyl (C=O) groups is 1. The molecule has 0 aromatic heterocycles. The van der Waals surface area contributed by atoms with E-state index in [1.54, 1.807) is 18.2 Å². The number of hydrogen-bond donors (Lipinski definition) is 1. The van der Waals surface area contributed by atoms with Gasteiger partial charge in [0.25, 0.3) is 0 Å². The number of anilines is 1. The number of carbonyl (C=O) groups excluding carboxylic acids is 2. The number of isocyanates is 1. The molecule has 1 aromatic rings. The molecule has 0 heterocycles. The second-order valence-electron chi connectivity index (χ2n) is 2.79. The summed E-state index contributed by atoms with van der Waals surface area (Å²) in [7, 11) is 0. The van der Waals surface area contributed by atoms with Crippen molar-refractivity contribution in [3.05, 3.63) is 29.8 Å². The van der Waals surface area contributed by atoms with E-state index in [0.717, 1.165) is 5.56 Å². The van der Waals surface area contributed by atoms with Crippen LogP contribution in [0.4, 0.5) is 5.69 Å². The van der Waals surface area contributed by atoms with Crippen LogP contribution in [0.5, 0.6) is 0 Å². The molecule has 1 amide bonds. The van der Waals surface area contributed by atoms with E-state index in [1.807, 2.05) is 6.07 Å². The predicted octanol–water partition coefficient (Wildman–Crippen LogP) is 1.48. The molecule has 0 atom stereocenters. The van der Waals surface area contributed by atoms with Gasteiger partial charge in [0.15, 0.2) is 0 Å². The van der Waals surface area contributed by atoms with E-state index in [9.17, 15) is 9.59 Å². The molecule has 1 aromatic carbocycles. The number of rotatable bonds is 3. The Morgan fingerprint density at radius 2 is 2.36 bits per heavy atom. The van der Waals surface area contributed by atoms with Crippen molar-refractivity contribution in [2.24, 2.45) is 4.99 Å². The highest BCUT2D eigenvalue weighted by atomic mass is 16.1. The van der Waals surface area contributed by atoms with Crippen molar-refractivity contribution < 1.29 is 9.59 Å². The molecular weight excluding hydrogens is 180 g/mol. The van der Waals surface area contributed by atoms with E-state index >= 15 is 0 Å². The highest BCUT2D eigenvalue weighted by Gasteiger charge is 1.96. The van der Waals surface area contributed by atoms with Gasteiger partial charge in [-0.25, -0.2) is 9.79 Å². The van der Waals surface area contributed by atoms with Crippen molar-refractivity contribution in [1.82, 2.24) is 0 Å². The quantitative estimate of drug-likeness (QED) is 0.579. The fourth-order valence-corrected chi connectivity index (χ4v) is 1.07. The maximum atomic E-state index is 10.7. The van der Waals surface area contributed by atoms with E-state index in [4.69, 9.17) is 0 Å². The second kappa shape index (κ2) is 4.94. The molecule has 0 spiro atoms. The summed E-state index contributed by atoms with van der Waals surface area (Å²) in [5.41, 5.74) is 1.57. The van der Waals surface area contributed by atoms with Gasteiger partial charge in [-0.1, -0.05) is 12.1 Å². The second-order valence-corrected chi connectivity index (χ2v) is 2.79. The third kappa shape index (κ3) is 3.21. The van der Waals surface area contributed by atoms with Crippen molar-refractivity contribution >= 4 is 17.7 Å². The van der Waals surface area contributed by atoms with Gasteiger partial charge in [0.2, 0.25) is 12.0 Å². The van der Waals surface area contributed by atoms with Crippen molar-refractivity contribution in [3.8, 4) is 0 Å². The minimum absolute atomic E-state index is 0.124. The van der Waals surface area contributed by atoms with Crippen molar-refractivity contribution in [3.63, 3.8) is 0 Å². The summed E-state index contributed by atoms with van der Waals surface area (Å²) in [6.07, 6.45) is 1.46. The number of benzene rings is 1. The van der Waals surface area contributed by atoms with Gasteiger partial charge in [0, 0.05) is 12.6 Å². The summed E-state index contributed by atoms with van der Waals surface area (Å²) in [6.45, 7) is 1.73. The molecule has 0 radical (unpaired) electrons. The molecule has 0 aliphatic heterocycles. The van der Waals surface area contributed by atoms with Crippen LogP contribution in [-0.2, 0) is 16.1 Å². The van der Waals surface area contributed by atoms with Gasteiger partial charge >= 0.3 is 0 Å².